The number of ether oxygens (including phenoxy) is 2. The second-order valence-electron chi connectivity index (χ2n) is 3.71. The van der Waals surface area contributed by atoms with Gasteiger partial charge in [0.2, 0.25) is 0 Å². The molecule has 2 aromatic rings. The Labute approximate surface area is 120 Å². The van der Waals surface area contributed by atoms with Gasteiger partial charge in [0.25, 0.3) is 5.88 Å². The van der Waals surface area contributed by atoms with Crippen LogP contribution < -0.4 is 9.47 Å². The summed E-state index contributed by atoms with van der Waals surface area (Å²) in [5.74, 6) is 1.95. The predicted molar refractivity (Wildman–Crippen MR) is 79.3 cm³/mol. The van der Waals surface area contributed by atoms with Gasteiger partial charge in [-0.25, -0.2) is 4.98 Å². The second-order valence-corrected chi connectivity index (χ2v) is 4.96. The van der Waals surface area contributed by atoms with E-state index < -0.39 is 0 Å². The number of aromatic nitrogens is 1. The second kappa shape index (κ2) is 6.58. The molecule has 1 heterocycles. The normalized spacial score (nSPS) is 10.1. The van der Waals surface area contributed by atoms with E-state index in [2.05, 4.69) is 34.5 Å². The molecule has 0 saturated heterocycles. The lowest BCUT2D eigenvalue weighted by molar-refractivity contribution is 0.298. The van der Waals surface area contributed by atoms with Gasteiger partial charge < -0.3 is 9.47 Å². The smallest absolute Gasteiger partial charge is 0.262 e. The van der Waals surface area contributed by atoms with Gasteiger partial charge >= 0.3 is 0 Å². The van der Waals surface area contributed by atoms with E-state index in [-0.39, 0.29) is 0 Å². The van der Waals surface area contributed by atoms with Crippen LogP contribution in [-0.4, -0.2) is 11.6 Å². The maximum atomic E-state index is 5.75. The number of halogens is 1. The monoisotopic (exact) mass is 355 g/mol. The third kappa shape index (κ3) is 3.60. The molecule has 4 heteroatoms. The number of hydrogen-bond acceptors (Lipinski definition) is 3. The van der Waals surface area contributed by atoms with Gasteiger partial charge in [0, 0.05) is 9.77 Å². The van der Waals surface area contributed by atoms with Crippen LogP contribution in [0.1, 0.15) is 13.3 Å². The number of rotatable bonds is 5. The lowest BCUT2D eigenvalue weighted by Gasteiger charge is -2.10. The maximum absolute atomic E-state index is 5.75. The number of pyridine rings is 1. The van der Waals surface area contributed by atoms with Crippen molar-refractivity contribution >= 4 is 22.6 Å². The highest BCUT2D eigenvalue weighted by atomic mass is 127. The van der Waals surface area contributed by atoms with Gasteiger partial charge in [-0.05, 0) is 59.3 Å². The molecule has 0 bridgehead atoms. The molecule has 18 heavy (non-hydrogen) atoms. The Kier molecular flexibility index (Phi) is 4.81. The summed E-state index contributed by atoms with van der Waals surface area (Å²) in [6.45, 7) is 2.73. The molecule has 0 aliphatic rings. The Bertz CT molecular complexity index is 517. The molecule has 0 spiro atoms. The van der Waals surface area contributed by atoms with E-state index in [1.807, 2.05) is 36.4 Å². The zero-order valence-electron chi connectivity index (χ0n) is 10.1. The molecule has 0 saturated carbocycles. The van der Waals surface area contributed by atoms with Gasteiger partial charge in [0.1, 0.15) is 5.75 Å². The summed E-state index contributed by atoms with van der Waals surface area (Å²) in [5.41, 5.74) is 0. The molecule has 2 rings (SSSR count). The topological polar surface area (TPSA) is 31.4 Å². The first-order valence-corrected chi connectivity index (χ1v) is 6.88. The molecule has 0 unspecified atom stereocenters. The average molecular weight is 355 g/mol. The first kappa shape index (κ1) is 13.1. The van der Waals surface area contributed by atoms with Crippen LogP contribution in [0.15, 0.2) is 42.6 Å². The molecule has 1 aromatic carbocycles. The molecule has 0 N–H and O–H groups in total. The first-order valence-electron chi connectivity index (χ1n) is 5.81. The zero-order chi connectivity index (χ0) is 12.8. The summed E-state index contributed by atoms with van der Waals surface area (Å²) in [4.78, 5) is 4.21. The van der Waals surface area contributed by atoms with Crippen LogP contribution in [0.5, 0.6) is 17.4 Å². The van der Waals surface area contributed by atoms with Crippen molar-refractivity contribution < 1.29 is 9.47 Å². The van der Waals surface area contributed by atoms with Crippen molar-refractivity contribution in [2.24, 2.45) is 0 Å². The summed E-state index contributed by atoms with van der Waals surface area (Å²) in [5, 5.41) is 0. The van der Waals surface area contributed by atoms with Crippen molar-refractivity contribution in [1.29, 1.82) is 0 Å². The summed E-state index contributed by atoms with van der Waals surface area (Å²) in [6.07, 6.45) is 2.65. The Hall–Kier alpha value is -1.30. The zero-order valence-corrected chi connectivity index (χ0v) is 12.3. The minimum atomic E-state index is 0.507. The third-order valence-electron chi connectivity index (χ3n) is 2.21. The summed E-state index contributed by atoms with van der Waals surface area (Å²) < 4.78 is 12.5. The Balaban J connectivity index is 2.17. The minimum absolute atomic E-state index is 0.507. The lowest BCUT2D eigenvalue weighted by Crippen LogP contribution is -1.98. The summed E-state index contributed by atoms with van der Waals surface area (Å²) in [7, 11) is 0. The molecule has 0 amide bonds. The summed E-state index contributed by atoms with van der Waals surface area (Å²) >= 11 is 2.25. The highest BCUT2D eigenvalue weighted by Crippen LogP contribution is 2.29. The van der Waals surface area contributed by atoms with Gasteiger partial charge in [-0.2, -0.15) is 0 Å². The van der Waals surface area contributed by atoms with Crippen molar-refractivity contribution in [3.8, 4) is 17.4 Å². The third-order valence-corrected chi connectivity index (χ3v) is 2.88. The Morgan fingerprint density at radius 3 is 2.89 bits per heavy atom. The average Bonchev–Trinajstić information content (AvgIpc) is 2.38. The highest BCUT2D eigenvalue weighted by molar-refractivity contribution is 14.1. The van der Waals surface area contributed by atoms with Gasteiger partial charge in [-0.1, -0.05) is 13.0 Å². The Morgan fingerprint density at radius 2 is 2.11 bits per heavy atom. The van der Waals surface area contributed by atoms with Crippen molar-refractivity contribution in [2.75, 3.05) is 6.61 Å². The van der Waals surface area contributed by atoms with Crippen LogP contribution in [0.3, 0.4) is 0 Å². The van der Waals surface area contributed by atoms with Crippen molar-refractivity contribution in [3.63, 3.8) is 0 Å². The molecule has 1 aromatic heterocycles. The fraction of sp³-hybridized carbons (Fsp3) is 0.214. The molecular formula is C14H14INO2. The van der Waals surface area contributed by atoms with E-state index in [4.69, 9.17) is 9.47 Å². The van der Waals surface area contributed by atoms with Gasteiger partial charge in [0.05, 0.1) is 6.61 Å². The van der Waals surface area contributed by atoms with Gasteiger partial charge in [-0.3, -0.25) is 0 Å². The number of benzene rings is 1. The van der Waals surface area contributed by atoms with E-state index in [1.54, 1.807) is 6.20 Å². The van der Waals surface area contributed by atoms with Crippen LogP contribution in [0, 0.1) is 3.57 Å². The first-order chi connectivity index (χ1) is 8.79. The molecule has 0 fully saturated rings. The fourth-order valence-electron chi connectivity index (χ4n) is 1.42. The van der Waals surface area contributed by atoms with Crippen molar-refractivity contribution in [1.82, 2.24) is 4.98 Å². The number of hydrogen-bond donors (Lipinski definition) is 0. The minimum Gasteiger partial charge on any atom is -0.488 e. The molecular weight excluding hydrogens is 341 g/mol. The Morgan fingerprint density at radius 1 is 1.22 bits per heavy atom. The van der Waals surface area contributed by atoms with E-state index in [1.165, 1.54) is 0 Å². The highest BCUT2D eigenvalue weighted by Gasteiger charge is 2.07. The van der Waals surface area contributed by atoms with Crippen LogP contribution in [0.25, 0.3) is 0 Å². The van der Waals surface area contributed by atoms with Crippen LogP contribution in [0.4, 0.5) is 0 Å². The molecule has 0 aliphatic carbocycles. The van der Waals surface area contributed by atoms with Gasteiger partial charge in [-0.15, -0.1) is 0 Å². The van der Waals surface area contributed by atoms with Crippen molar-refractivity contribution in [2.45, 2.75) is 13.3 Å². The fourth-order valence-corrected chi connectivity index (χ4v) is 1.93. The van der Waals surface area contributed by atoms with E-state index in [9.17, 15) is 0 Å². The summed E-state index contributed by atoms with van der Waals surface area (Å²) in [6, 6.07) is 11.5. The van der Waals surface area contributed by atoms with Gasteiger partial charge in [0.15, 0.2) is 5.75 Å². The van der Waals surface area contributed by atoms with Crippen molar-refractivity contribution in [3.05, 3.63) is 46.2 Å². The quantitative estimate of drug-likeness (QED) is 0.751. The molecule has 94 valence electrons. The molecule has 0 radical (unpaired) electrons. The lowest BCUT2D eigenvalue weighted by atomic mass is 10.3. The van der Waals surface area contributed by atoms with E-state index in [0.717, 1.165) is 15.7 Å². The van der Waals surface area contributed by atoms with E-state index in [0.29, 0.717) is 18.2 Å². The predicted octanol–water partition coefficient (Wildman–Crippen LogP) is 4.27. The molecule has 0 aliphatic heterocycles. The van der Waals surface area contributed by atoms with Crippen LogP contribution in [0.2, 0.25) is 0 Å². The largest absolute Gasteiger partial charge is 0.488 e. The van der Waals surface area contributed by atoms with E-state index >= 15 is 0 Å². The van der Waals surface area contributed by atoms with Crippen LogP contribution >= 0.6 is 22.6 Å². The molecule has 0 atom stereocenters. The molecule has 3 nitrogen and oxygen atoms in total. The SMILES string of the molecule is CCCOc1cccnc1Oc1cccc(I)c1. The maximum Gasteiger partial charge on any atom is 0.262 e. The van der Waals surface area contributed by atoms with Crippen LogP contribution in [-0.2, 0) is 0 Å². The number of nitrogens with zero attached hydrogens (tertiary/aromatic N) is 1. The standard InChI is InChI=1S/C14H14INO2/c1-2-9-17-13-7-4-8-16-14(13)18-12-6-3-5-11(15)10-12/h3-8,10H,2,9H2,1H3.